The molecule has 2 fully saturated rings. The van der Waals surface area contributed by atoms with Gasteiger partial charge in [0.15, 0.2) is 0 Å². The Morgan fingerprint density at radius 3 is 2.46 bits per heavy atom. The standard InChI is InChI=1S/C10H19INO/c1-11-13-9-7-10(8-9)3-5-12(2)6-4-10/h9H,3-8H2,1-2H3/q-1. The van der Waals surface area contributed by atoms with Crippen LogP contribution in [0.2, 0.25) is 0 Å². The van der Waals surface area contributed by atoms with Gasteiger partial charge in [0.1, 0.15) is 0 Å². The fraction of sp³-hybridized carbons (Fsp3) is 1.00. The summed E-state index contributed by atoms with van der Waals surface area (Å²) in [6.07, 6.45) is 6.17. The molecular weight excluding hydrogens is 277 g/mol. The minimum atomic E-state index is 0.0533. The van der Waals surface area contributed by atoms with Crippen LogP contribution in [0.25, 0.3) is 0 Å². The molecule has 0 amide bonds. The molecule has 0 unspecified atom stereocenters. The Hall–Kier alpha value is 0.650. The number of hydrogen-bond donors (Lipinski definition) is 0. The third-order valence-corrected chi connectivity index (χ3v) is 4.81. The molecule has 1 saturated heterocycles. The molecule has 2 aliphatic rings. The molecule has 0 bridgehead atoms. The molecule has 1 aliphatic heterocycles. The molecule has 1 spiro atoms. The van der Waals surface area contributed by atoms with E-state index in [-0.39, 0.29) is 21.6 Å². The second kappa shape index (κ2) is 4.03. The van der Waals surface area contributed by atoms with E-state index in [9.17, 15) is 0 Å². The van der Waals surface area contributed by atoms with Crippen molar-refractivity contribution in [3.63, 3.8) is 0 Å². The normalized spacial score (nSPS) is 29.4. The van der Waals surface area contributed by atoms with Crippen molar-refractivity contribution in [3.05, 3.63) is 0 Å². The molecule has 2 rings (SSSR count). The van der Waals surface area contributed by atoms with Gasteiger partial charge in [0.05, 0.1) is 0 Å². The van der Waals surface area contributed by atoms with Crippen molar-refractivity contribution in [2.75, 3.05) is 25.1 Å². The first-order valence-electron chi connectivity index (χ1n) is 5.08. The fourth-order valence-electron chi connectivity index (χ4n) is 2.60. The summed E-state index contributed by atoms with van der Waals surface area (Å²) >= 11 is 0.0533. The summed E-state index contributed by atoms with van der Waals surface area (Å²) in [6, 6.07) is 0. The molecule has 1 aliphatic carbocycles. The minimum absolute atomic E-state index is 0.0533. The Labute approximate surface area is 91.8 Å². The first-order valence-corrected chi connectivity index (χ1v) is 8.12. The summed E-state index contributed by atoms with van der Waals surface area (Å²) in [5, 5.41) is 0. The molecule has 0 radical (unpaired) electrons. The Morgan fingerprint density at radius 1 is 1.31 bits per heavy atom. The second-order valence-electron chi connectivity index (χ2n) is 4.58. The average molecular weight is 296 g/mol. The van der Waals surface area contributed by atoms with Crippen LogP contribution in [0.5, 0.6) is 0 Å². The molecule has 0 aromatic carbocycles. The van der Waals surface area contributed by atoms with E-state index in [1.165, 1.54) is 38.8 Å². The Morgan fingerprint density at radius 2 is 1.92 bits per heavy atom. The molecule has 1 saturated carbocycles. The van der Waals surface area contributed by atoms with E-state index < -0.39 is 0 Å². The van der Waals surface area contributed by atoms with Crippen molar-refractivity contribution >= 4 is 0 Å². The summed E-state index contributed by atoms with van der Waals surface area (Å²) in [4.78, 5) is 4.66. The quantitative estimate of drug-likeness (QED) is 0.455. The first kappa shape index (κ1) is 10.2. The summed E-state index contributed by atoms with van der Waals surface area (Å²) < 4.78 is 5.73. The molecule has 78 valence electrons. The average Bonchev–Trinajstić information content (AvgIpc) is 2.07. The summed E-state index contributed by atoms with van der Waals surface area (Å²) in [5.41, 5.74) is 0.704. The molecule has 1 heterocycles. The summed E-state index contributed by atoms with van der Waals surface area (Å²) in [5.74, 6) is 0. The molecule has 0 aromatic rings. The zero-order valence-corrected chi connectivity index (χ0v) is 10.7. The predicted molar refractivity (Wildman–Crippen MR) is 49.2 cm³/mol. The van der Waals surface area contributed by atoms with Gasteiger partial charge in [-0.15, -0.1) is 0 Å². The van der Waals surface area contributed by atoms with Crippen LogP contribution in [-0.4, -0.2) is 36.1 Å². The third kappa shape index (κ3) is 2.18. The van der Waals surface area contributed by atoms with Crippen LogP contribution in [0.1, 0.15) is 25.7 Å². The maximum absolute atomic E-state index is 5.73. The SMILES string of the molecule is C[I-]OC1CC2(CCN(C)CC2)C1. The van der Waals surface area contributed by atoms with Crippen LogP contribution in [0.15, 0.2) is 0 Å². The number of likely N-dealkylation sites (tertiary alicyclic amines) is 1. The van der Waals surface area contributed by atoms with E-state index in [1.807, 2.05) is 0 Å². The van der Waals surface area contributed by atoms with Crippen LogP contribution in [0.3, 0.4) is 0 Å². The predicted octanol–water partition coefficient (Wildman–Crippen LogP) is -1.49. The van der Waals surface area contributed by atoms with Crippen LogP contribution in [0.4, 0.5) is 0 Å². The molecular formula is C10H19INO-. The van der Waals surface area contributed by atoms with Crippen molar-refractivity contribution in [2.45, 2.75) is 31.8 Å². The van der Waals surface area contributed by atoms with Gasteiger partial charge in [-0.25, -0.2) is 0 Å². The van der Waals surface area contributed by atoms with Gasteiger partial charge in [0.2, 0.25) is 0 Å². The number of halogens is 1. The van der Waals surface area contributed by atoms with E-state index in [2.05, 4.69) is 16.9 Å². The molecule has 0 atom stereocenters. The fourth-order valence-corrected chi connectivity index (χ4v) is 3.67. The van der Waals surface area contributed by atoms with E-state index >= 15 is 0 Å². The Balaban J connectivity index is 1.76. The first-order chi connectivity index (χ1) is 6.24. The van der Waals surface area contributed by atoms with Crippen LogP contribution >= 0.6 is 0 Å². The molecule has 0 N–H and O–H groups in total. The van der Waals surface area contributed by atoms with E-state index in [0.29, 0.717) is 11.5 Å². The summed E-state index contributed by atoms with van der Waals surface area (Å²) in [7, 11) is 2.23. The number of nitrogens with zero attached hydrogens (tertiary/aromatic N) is 1. The number of hydrogen-bond acceptors (Lipinski definition) is 2. The van der Waals surface area contributed by atoms with Crippen LogP contribution < -0.4 is 21.6 Å². The topological polar surface area (TPSA) is 12.5 Å². The van der Waals surface area contributed by atoms with Gasteiger partial charge in [-0.05, 0) is 0 Å². The van der Waals surface area contributed by atoms with E-state index in [1.54, 1.807) is 0 Å². The van der Waals surface area contributed by atoms with Crippen LogP contribution in [0, 0.1) is 5.41 Å². The van der Waals surface area contributed by atoms with E-state index in [0.717, 1.165) is 0 Å². The zero-order chi connectivity index (χ0) is 9.31. The van der Waals surface area contributed by atoms with Crippen molar-refractivity contribution < 1.29 is 24.7 Å². The Kier molecular flexibility index (Phi) is 3.15. The van der Waals surface area contributed by atoms with Crippen LogP contribution in [-0.2, 0) is 3.07 Å². The number of piperidine rings is 1. The van der Waals surface area contributed by atoms with Gasteiger partial charge in [-0.1, -0.05) is 0 Å². The molecule has 13 heavy (non-hydrogen) atoms. The number of rotatable bonds is 2. The Bertz CT molecular complexity index is 170. The molecule has 3 heteroatoms. The van der Waals surface area contributed by atoms with Crippen molar-refractivity contribution in [1.82, 2.24) is 4.90 Å². The van der Waals surface area contributed by atoms with E-state index in [4.69, 9.17) is 3.07 Å². The number of alkyl halides is 1. The van der Waals surface area contributed by atoms with Gasteiger partial charge < -0.3 is 0 Å². The second-order valence-corrected chi connectivity index (χ2v) is 5.97. The zero-order valence-electron chi connectivity index (χ0n) is 8.55. The van der Waals surface area contributed by atoms with Gasteiger partial charge in [0.25, 0.3) is 0 Å². The maximum atomic E-state index is 5.73. The molecule has 2 nitrogen and oxygen atoms in total. The summed E-state index contributed by atoms with van der Waals surface area (Å²) in [6.45, 7) is 2.60. The van der Waals surface area contributed by atoms with Crippen molar-refractivity contribution in [2.24, 2.45) is 5.41 Å². The van der Waals surface area contributed by atoms with Gasteiger partial charge in [-0.3, -0.25) is 0 Å². The van der Waals surface area contributed by atoms with Gasteiger partial charge >= 0.3 is 91.9 Å². The van der Waals surface area contributed by atoms with Gasteiger partial charge in [0, 0.05) is 0 Å². The monoisotopic (exact) mass is 296 g/mol. The van der Waals surface area contributed by atoms with Crippen molar-refractivity contribution in [1.29, 1.82) is 0 Å². The molecule has 0 aromatic heterocycles. The third-order valence-electron chi connectivity index (χ3n) is 3.58. The van der Waals surface area contributed by atoms with Gasteiger partial charge in [-0.2, -0.15) is 0 Å². The van der Waals surface area contributed by atoms with Crippen molar-refractivity contribution in [3.8, 4) is 0 Å².